The van der Waals surface area contributed by atoms with Crippen LogP contribution in [0.15, 0.2) is 78.9 Å². The van der Waals surface area contributed by atoms with Gasteiger partial charge in [-0.2, -0.15) is 0 Å². The van der Waals surface area contributed by atoms with Crippen molar-refractivity contribution in [2.24, 2.45) is 0 Å². The Balaban J connectivity index is 1.18. The second-order valence-corrected chi connectivity index (χ2v) is 16.1. The van der Waals surface area contributed by atoms with E-state index < -0.39 is 105 Å². The van der Waals surface area contributed by atoms with Crippen LogP contribution < -0.4 is 23.7 Å². The van der Waals surface area contributed by atoms with Gasteiger partial charge < -0.3 is 90.1 Å². The summed E-state index contributed by atoms with van der Waals surface area (Å²) in [4.78, 5) is 0. The predicted molar refractivity (Wildman–Crippen MR) is 210 cm³/mol. The lowest BCUT2D eigenvalue weighted by molar-refractivity contribution is -0.223. The van der Waals surface area contributed by atoms with E-state index >= 15 is 0 Å². The van der Waals surface area contributed by atoms with Gasteiger partial charge in [0.15, 0.2) is 34.5 Å². The van der Waals surface area contributed by atoms with Crippen LogP contribution in [0.4, 0.5) is 0 Å². The monoisotopic (exact) mass is 862 g/mol. The highest BCUT2D eigenvalue weighted by Crippen LogP contribution is 2.67. The van der Waals surface area contributed by atoms with Crippen molar-refractivity contribution in [3.63, 3.8) is 0 Å². The molecule has 0 aromatic heterocycles. The fourth-order valence-electron chi connectivity index (χ4n) is 9.69. The maximum atomic E-state index is 12.8. The minimum absolute atomic E-state index is 0.0277. The summed E-state index contributed by atoms with van der Waals surface area (Å²) in [7, 11) is 0. The third kappa shape index (κ3) is 5.04. The molecule has 11 rings (SSSR count). The molecule has 0 saturated carbocycles. The minimum Gasteiger partial charge on any atom is -0.508 e. The molecule has 0 spiro atoms. The first-order valence-corrected chi connectivity index (χ1v) is 19.4. The standard InChI is InChI=1S/C45H34O18/c46-18-10-27(54)33-29(11-18)60-44(16-2-5-21(48)25(52)8-16)42(57)37(33)34-31(62-44)14-32-35(39(34)56)38-36-30(61-45(63-32,43(38)58)17-3-6-22(49)26(53)9-17)13-23(50)19-12-28(55)40(59-41(19)36)15-1-4-20(47)24(51)7-15/h1-11,13-14,28,37-38,40,42-43,46-58H,12H2/t28-,37-,38+,40-,42-,43-,44+,45?/m1/s1. The van der Waals surface area contributed by atoms with E-state index in [9.17, 15) is 66.4 Å². The second-order valence-electron chi connectivity index (χ2n) is 16.1. The van der Waals surface area contributed by atoms with Crippen molar-refractivity contribution in [2.75, 3.05) is 0 Å². The van der Waals surface area contributed by atoms with E-state index in [0.29, 0.717) is 0 Å². The topological polar surface area (TPSA) is 309 Å². The van der Waals surface area contributed by atoms with Gasteiger partial charge in [-0.05, 0) is 54.1 Å². The van der Waals surface area contributed by atoms with Gasteiger partial charge in [0.1, 0.15) is 70.1 Å². The minimum atomic E-state index is -2.34. The van der Waals surface area contributed by atoms with Gasteiger partial charge >= 0.3 is 11.6 Å². The summed E-state index contributed by atoms with van der Waals surface area (Å²) in [5, 5.41) is 145. The highest BCUT2D eigenvalue weighted by Gasteiger charge is 2.64. The lowest BCUT2D eigenvalue weighted by atomic mass is 9.70. The van der Waals surface area contributed by atoms with Crippen molar-refractivity contribution in [1.29, 1.82) is 0 Å². The van der Waals surface area contributed by atoms with Gasteiger partial charge in [0.2, 0.25) is 0 Å². The molecule has 8 atom stereocenters. The number of aromatic hydroxyl groups is 10. The van der Waals surface area contributed by atoms with Crippen LogP contribution >= 0.6 is 0 Å². The zero-order valence-corrected chi connectivity index (χ0v) is 32.0. The Morgan fingerprint density at radius 3 is 1.48 bits per heavy atom. The van der Waals surface area contributed by atoms with E-state index in [4.69, 9.17) is 23.7 Å². The molecule has 5 heterocycles. The summed E-state index contributed by atoms with van der Waals surface area (Å²) in [6, 6.07) is 15.4. The van der Waals surface area contributed by atoms with E-state index in [2.05, 4.69) is 0 Å². The van der Waals surface area contributed by atoms with Gasteiger partial charge in [-0.3, -0.25) is 0 Å². The second kappa shape index (κ2) is 12.6. The van der Waals surface area contributed by atoms with Crippen LogP contribution in [0.2, 0.25) is 0 Å². The molecule has 63 heavy (non-hydrogen) atoms. The summed E-state index contributed by atoms with van der Waals surface area (Å²) in [6.45, 7) is 0. The highest BCUT2D eigenvalue weighted by molar-refractivity contribution is 5.73. The Hall–Kier alpha value is -7.80. The van der Waals surface area contributed by atoms with E-state index in [1.807, 2.05) is 0 Å². The smallest absolute Gasteiger partial charge is 0.305 e. The molecule has 5 aliphatic rings. The third-order valence-corrected chi connectivity index (χ3v) is 12.6. The van der Waals surface area contributed by atoms with Crippen LogP contribution in [0, 0.1) is 0 Å². The van der Waals surface area contributed by atoms with Crippen LogP contribution in [0.25, 0.3) is 0 Å². The molecule has 0 fully saturated rings. The first-order valence-electron chi connectivity index (χ1n) is 19.4. The normalized spacial score (nSPS) is 26.7. The van der Waals surface area contributed by atoms with Crippen LogP contribution in [-0.2, 0) is 18.0 Å². The van der Waals surface area contributed by atoms with E-state index in [0.717, 1.165) is 36.4 Å². The molecule has 322 valence electrons. The summed E-state index contributed by atoms with van der Waals surface area (Å²) in [5.74, 6) is -13.7. The fraction of sp³-hybridized carbons (Fsp3) is 0.200. The number of aliphatic hydroxyl groups is 3. The molecule has 1 unspecified atom stereocenters. The van der Waals surface area contributed by atoms with Gasteiger partial charge in [-0.1, -0.05) is 6.07 Å². The molecule has 0 aliphatic carbocycles. The lowest BCUT2D eigenvalue weighted by Crippen LogP contribution is -2.59. The predicted octanol–water partition coefficient (Wildman–Crippen LogP) is 4.04. The van der Waals surface area contributed by atoms with Crippen LogP contribution in [-0.4, -0.2) is 84.7 Å². The van der Waals surface area contributed by atoms with Gasteiger partial charge in [-0.15, -0.1) is 0 Å². The van der Waals surface area contributed by atoms with Gasteiger partial charge in [0.25, 0.3) is 0 Å². The summed E-state index contributed by atoms with van der Waals surface area (Å²) in [5.41, 5.74) is -0.196. The Labute approximate surface area is 353 Å². The zero-order chi connectivity index (χ0) is 44.2. The first kappa shape index (κ1) is 38.1. The van der Waals surface area contributed by atoms with Crippen LogP contribution in [0.5, 0.6) is 86.2 Å². The number of fused-ring (bicyclic) bond motifs is 14. The lowest BCUT2D eigenvalue weighted by Gasteiger charge is -2.52. The van der Waals surface area contributed by atoms with Gasteiger partial charge in [0, 0.05) is 69.6 Å². The summed E-state index contributed by atoms with van der Waals surface area (Å²) in [6.07, 6.45) is -6.53. The molecule has 6 aromatic rings. The molecule has 4 bridgehead atoms. The van der Waals surface area contributed by atoms with Crippen molar-refractivity contribution in [2.45, 2.75) is 54.2 Å². The zero-order valence-electron chi connectivity index (χ0n) is 32.0. The molecule has 18 nitrogen and oxygen atoms in total. The molecule has 6 aromatic carbocycles. The molecule has 13 N–H and O–H groups in total. The number of phenols is 10. The number of hydrogen-bond acceptors (Lipinski definition) is 18. The number of ether oxygens (including phenoxy) is 5. The number of hydrogen-bond donors (Lipinski definition) is 13. The average molecular weight is 863 g/mol. The molecular formula is C45H34O18. The molecule has 18 heteroatoms. The van der Waals surface area contributed by atoms with E-state index in [1.165, 1.54) is 42.5 Å². The Morgan fingerprint density at radius 2 is 0.937 bits per heavy atom. The fourth-order valence-corrected chi connectivity index (χ4v) is 9.69. The number of aliphatic hydroxyl groups excluding tert-OH is 3. The maximum absolute atomic E-state index is 12.8. The van der Waals surface area contributed by atoms with Crippen molar-refractivity contribution in [1.82, 2.24) is 0 Å². The Morgan fingerprint density at radius 1 is 0.444 bits per heavy atom. The number of rotatable bonds is 3. The highest BCUT2D eigenvalue weighted by atomic mass is 16.7. The van der Waals surface area contributed by atoms with E-state index in [1.54, 1.807) is 0 Å². The Kier molecular flexibility index (Phi) is 7.65. The molecule has 0 radical (unpaired) electrons. The molecular weight excluding hydrogens is 828 g/mol. The first-order chi connectivity index (χ1) is 30.0. The number of benzene rings is 6. The third-order valence-electron chi connectivity index (χ3n) is 12.6. The quantitative estimate of drug-likeness (QED) is 0.112. The summed E-state index contributed by atoms with van der Waals surface area (Å²) < 4.78 is 32.3. The van der Waals surface area contributed by atoms with Crippen molar-refractivity contribution in [3.05, 3.63) is 123 Å². The largest absolute Gasteiger partial charge is 0.508 e. The molecule has 0 amide bonds. The van der Waals surface area contributed by atoms with Gasteiger partial charge in [0.05, 0.1) is 17.9 Å². The van der Waals surface area contributed by atoms with Crippen LogP contribution in [0.1, 0.15) is 62.4 Å². The van der Waals surface area contributed by atoms with Crippen molar-refractivity contribution in [3.8, 4) is 86.2 Å². The van der Waals surface area contributed by atoms with E-state index in [-0.39, 0.29) is 79.7 Å². The van der Waals surface area contributed by atoms with Crippen molar-refractivity contribution < 1.29 is 90.1 Å². The Bertz CT molecular complexity index is 2990. The maximum Gasteiger partial charge on any atom is 0.305 e. The van der Waals surface area contributed by atoms with Gasteiger partial charge in [-0.25, -0.2) is 0 Å². The molecule has 5 aliphatic heterocycles. The van der Waals surface area contributed by atoms with Crippen molar-refractivity contribution >= 4 is 0 Å². The summed E-state index contributed by atoms with van der Waals surface area (Å²) >= 11 is 0. The van der Waals surface area contributed by atoms with Crippen LogP contribution in [0.3, 0.4) is 0 Å². The average Bonchev–Trinajstić information content (AvgIpc) is 3.22. The number of phenolic OH excluding ortho intramolecular Hbond substituents is 10. The SMILES string of the molecule is Oc1cc(O)c2c(c1)O[C@@]1(c3ccc(O)c(O)c3)Oc3cc4c(c(O)c3[C@@H]2[C@H]1O)[C@H]1c2c(cc(O)c3c2O[C@H](c2ccc(O)c(O)c2)[C@H](O)C3)OC(c2ccc(O)c(O)c2)(O4)[C@@H]1O. The molecule has 0 saturated heterocycles.